The summed E-state index contributed by atoms with van der Waals surface area (Å²) >= 11 is 0. The summed E-state index contributed by atoms with van der Waals surface area (Å²) in [5.41, 5.74) is 6.79. The molecule has 2 N–H and O–H groups in total. The van der Waals surface area contributed by atoms with Crippen molar-refractivity contribution in [3.63, 3.8) is 0 Å². The minimum atomic E-state index is -0.318. The van der Waals surface area contributed by atoms with Crippen molar-refractivity contribution >= 4 is 0 Å². The Kier molecular flexibility index (Phi) is 2.22. The molecule has 0 amide bonds. The summed E-state index contributed by atoms with van der Waals surface area (Å²) in [6, 6.07) is 5.99. The van der Waals surface area contributed by atoms with Gasteiger partial charge in [-0.05, 0) is 30.5 Å². The molecular weight excluding hydrogens is 174 g/mol. The highest BCUT2D eigenvalue weighted by atomic mass is 14.7. The van der Waals surface area contributed by atoms with E-state index in [-0.39, 0.29) is 11.5 Å². The number of rotatable bonds is 2. The quantitative estimate of drug-likeness (QED) is 0.767. The lowest BCUT2D eigenvalue weighted by molar-refractivity contribution is 0.169. The smallest absolute Gasteiger partial charge is 0.0766 e. The highest BCUT2D eigenvalue weighted by Crippen LogP contribution is 2.48. The van der Waals surface area contributed by atoms with Gasteiger partial charge in [0.15, 0.2) is 0 Å². The van der Waals surface area contributed by atoms with Gasteiger partial charge in [-0.25, -0.2) is 0 Å². The van der Waals surface area contributed by atoms with Gasteiger partial charge in [-0.1, -0.05) is 6.42 Å². The predicted molar refractivity (Wildman–Crippen MR) is 53.1 cm³/mol. The standard InChI is InChI=1S/C11H13N3/c12-8-11(4-1-5-11)10(13)9-2-6-14-7-3-9/h2-3,6-7,10H,1,4-5,13H2. The Balaban J connectivity index is 2.24. The number of nitriles is 1. The van der Waals surface area contributed by atoms with E-state index in [2.05, 4.69) is 11.1 Å². The maximum Gasteiger partial charge on any atom is 0.0766 e. The van der Waals surface area contributed by atoms with Crippen molar-refractivity contribution < 1.29 is 0 Å². The minimum Gasteiger partial charge on any atom is -0.323 e. The first kappa shape index (κ1) is 9.17. The van der Waals surface area contributed by atoms with E-state index in [0.29, 0.717) is 0 Å². The third kappa shape index (κ3) is 1.28. The molecule has 1 aliphatic carbocycles. The molecule has 0 aliphatic heterocycles. The average Bonchev–Trinajstić information content (AvgIpc) is 2.18. The fourth-order valence-electron chi connectivity index (χ4n) is 1.94. The zero-order valence-corrected chi connectivity index (χ0v) is 7.98. The van der Waals surface area contributed by atoms with Gasteiger partial charge < -0.3 is 5.73 Å². The van der Waals surface area contributed by atoms with E-state index < -0.39 is 0 Å². The molecule has 0 radical (unpaired) electrons. The molecule has 1 saturated carbocycles. The van der Waals surface area contributed by atoms with Crippen molar-refractivity contribution in [3.05, 3.63) is 30.1 Å². The SMILES string of the molecule is N#CC1(C(N)c2ccncc2)CCC1. The first-order valence-electron chi connectivity index (χ1n) is 4.85. The van der Waals surface area contributed by atoms with Gasteiger partial charge in [0.1, 0.15) is 0 Å². The van der Waals surface area contributed by atoms with Crippen LogP contribution in [-0.2, 0) is 0 Å². The Morgan fingerprint density at radius 1 is 1.43 bits per heavy atom. The normalized spacial score (nSPS) is 20.6. The van der Waals surface area contributed by atoms with Crippen LogP contribution in [0.4, 0.5) is 0 Å². The van der Waals surface area contributed by atoms with Gasteiger partial charge in [-0.2, -0.15) is 5.26 Å². The minimum absolute atomic E-state index is 0.163. The number of hydrogen-bond donors (Lipinski definition) is 1. The van der Waals surface area contributed by atoms with Gasteiger partial charge in [0.05, 0.1) is 11.5 Å². The van der Waals surface area contributed by atoms with Crippen LogP contribution >= 0.6 is 0 Å². The van der Waals surface area contributed by atoms with Crippen LogP contribution in [0.3, 0.4) is 0 Å². The Morgan fingerprint density at radius 2 is 2.07 bits per heavy atom. The Hall–Kier alpha value is -1.40. The molecule has 72 valence electrons. The van der Waals surface area contributed by atoms with Crippen LogP contribution < -0.4 is 5.73 Å². The molecule has 1 atom stereocenters. The van der Waals surface area contributed by atoms with E-state index >= 15 is 0 Å². The zero-order valence-electron chi connectivity index (χ0n) is 7.98. The van der Waals surface area contributed by atoms with Crippen LogP contribution in [0.5, 0.6) is 0 Å². The molecule has 1 aliphatic rings. The Bertz CT molecular complexity index is 349. The summed E-state index contributed by atoms with van der Waals surface area (Å²) in [7, 11) is 0. The summed E-state index contributed by atoms with van der Waals surface area (Å²) in [6.45, 7) is 0. The lowest BCUT2D eigenvalue weighted by atomic mass is 9.64. The lowest BCUT2D eigenvalue weighted by Gasteiger charge is -2.40. The molecule has 1 heterocycles. The molecule has 1 fully saturated rings. The van der Waals surface area contributed by atoms with Crippen molar-refractivity contribution in [3.8, 4) is 6.07 Å². The first-order chi connectivity index (χ1) is 6.78. The fourth-order valence-corrected chi connectivity index (χ4v) is 1.94. The Labute approximate surface area is 83.6 Å². The van der Waals surface area contributed by atoms with Gasteiger partial charge in [-0.15, -0.1) is 0 Å². The molecule has 3 nitrogen and oxygen atoms in total. The molecule has 1 aromatic rings. The average molecular weight is 187 g/mol. The lowest BCUT2D eigenvalue weighted by Crippen LogP contribution is -2.39. The molecule has 1 unspecified atom stereocenters. The topological polar surface area (TPSA) is 62.7 Å². The van der Waals surface area contributed by atoms with E-state index in [9.17, 15) is 0 Å². The largest absolute Gasteiger partial charge is 0.323 e. The third-order valence-electron chi connectivity index (χ3n) is 3.13. The van der Waals surface area contributed by atoms with E-state index in [0.717, 1.165) is 24.8 Å². The van der Waals surface area contributed by atoms with E-state index in [1.807, 2.05) is 12.1 Å². The van der Waals surface area contributed by atoms with Crippen LogP contribution in [0.1, 0.15) is 30.9 Å². The van der Waals surface area contributed by atoms with Crippen LogP contribution in [-0.4, -0.2) is 4.98 Å². The maximum absolute atomic E-state index is 9.12. The van der Waals surface area contributed by atoms with Crippen molar-refractivity contribution in [1.29, 1.82) is 5.26 Å². The monoisotopic (exact) mass is 187 g/mol. The van der Waals surface area contributed by atoms with Crippen molar-refractivity contribution in [2.45, 2.75) is 25.3 Å². The van der Waals surface area contributed by atoms with Crippen LogP contribution in [0, 0.1) is 16.7 Å². The number of hydrogen-bond acceptors (Lipinski definition) is 3. The first-order valence-corrected chi connectivity index (χ1v) is 4.85. The van der Waals surface area contributed by atoms with Gasteiger partial charge in [0.2, 0.25) is 0 Å². The molecule has 0 bridgehead atoms. The fraction of sp³-hybridized carbons (Fsp3) is 0.455. The van der Waals surface area contributed by atoms with Crippen molar-refractivity contribution in [2.75, 3.05) is 0 Å². The van der Waals surface area contributed by atoms with E-state index in [4.69, 9.17) is 11.0 Å². The second-order valence-electron chi connectivity index (χ2n) is 3.88. The van der Waals surface area contributed by atoms with Gasteiger partial charge in [-0.3, -0.25) is 4.98 Å². The van der Waals surface area contributed by atoms with Gasteiger partial charge >= 0.3 is 0 Å². The highest BCUT2D eigenvalue weighted by molar-refractivity contribution is 5.23. The molecule has 1 aromatic heterocycles. The van der Waals surface area contributed by atoms with E-state index in [1.54, 1.807) is 12.4 Å². The van der Waals surface area contributed by atoms with Crippen LogP contribution in [0.15, 0.2) is 24.5 Å². The molecule has 14 heavy (non-hydrogen) atoms. The summed E-state index contributed by atoms with van der Waals surface area (Å²) in [4.78, 5) is 3.94. The van der Waals surface area contributed by atoms with Crippen LogP contribution in [0.25, 0.3) is 0 Å². The third-order valence-corrected chi connectivity index (χ3v) is 3.13. The van der Waals surface area contributed by atoms with Crippen molar-refractivity contribution in [2.24, 2.45) is 11.1 Å². The van der Waals surface area contributed by atoms with Gasteiger partial charge in [0, 0.05) is 18.4 Å². The summed E-state index contributed by atoms with van der Waals surface area (Å²) in [6.07, 6.45) is 6.41. The predicted octanol–water partition coefficient (Wildman–Crippen LogP) is 1.78. The molecule has 2 rings (SSSR count). The highest BCUT2D eigenvalue weighted by Gasteiger charge is 2.43. The Morgan fingerprint density at radius 3 is 2.50 bits per heavy atom. The number of aromatic nitrogens is 1. The molecule has 0 saturated heterocycles. The number of nitrogens with zero attached hydrogens (tertiary/aromatic N) is 2. The number of nitrogens with two attached hydrogens (primary N) is 1. The molecule has 0 aromatic carbocycles. The van der Waals surface area contributed by atoms with Crippen LogP contribution in [0.2, 0.25) is 0 Å². The summed E-state index contributed by atoms with van der Waals surface area (Å²) in [5, 5.41) is 9.12. The molecule has 0 spiro atoms. The second-order valence-corrected chi connectivity index (χ2v) is 3.88. The van der Waals surface area contributed by atoms with E-state index in [1.165, 1.54) is 0 Å². The summed E-state index contributed by atoms with van der Waals surface area (Å²) in [5.74, 6) is 0. The van der Waals surface area contributed by atoms with Gasteiger partial charge in [0.25, 0.3) is 0 Å². The molecule has 3 heteroatoms. The second kappa shape index (κ2) is 3.39. The zero-order chi connectivity index (χ0) is 10.0. The molecular formula is C11H13N3. The van der Waals surface area contributed by atoms with Crippen molar-refractivity contribution in [1.82, 2.24) is 4.98 Å². The maximum atomic E-state index is 9.12. The summed E-state index contributed by atoms with van der Waals surface area (Å²) < 4.78 is 0. The number of pyridine rings is 1.